The normalized spacial score (nSPS) is 12.8. The standard InChI is InChI=1S/C24H24F3N6/c1-14(15-7-5-8-16(11-15)32-24(2,3)4)30-23-29-12-18(25)20(31-23)19-13-28-22-17(21(26)27)9-6-10-33(19)22/h5-7,9-14,21,32H,1-4H3,(H,29,30,31)/t14-/m0/s1. The molecule has 1 atom stereocenters. The van der Waals surface area contributed by atoms with Gasteiger partial charge in [0.25, 0.3) is 6.43 Å². The molecule has 171 valence electrons. The fourth-order valence-electron chi connectivity index (χ4n) is 3.50. The molecule has 3 heterocycles. The van der Waals surface area contributed by atoms with Crippen LogP contribution in [0.2, 0.25) is 0 Å². The molecular weight excluding hydrogens is 429 g/mol. The summed E-state index contributed by atoms with van der Waals surface area (Å²) < 4.78 is 42.6. The second-order valence-electron chi connectivity index (χ2n) is 8.77. The number of pyridine rings is 1. The van der Waals surface area contributed by atoms with Gasteiger partial charge in [-0.3, -0.25) is 4.40 Å². The summed E-state index contributed by atoms with van der Waals surface area (Å²) in [6.07, 6.45) is 1.24. The molecule has 0 fully saturated rings. The molecule has 1 aromatic carbocycles. The number of nitrogens with zero attached hydrogens (tertiary/aromatic N) is 4. The third-order valence-corrected chi connectivity index (χ3v) is 4.97. The number of hydrogen-bond donors (Lipinski definition) is 2. The van der Waals surface area contributed by atoms with E-state index >= 15 is 0 Å². The molecule has 0 aliphatic heterocycles. The minimum absolute atomic E-state index is 0.0323. The highest BCUT2D eigenvalue weighted by Crippen LogP contribution is 2.29. The zero-order valence-corrected chi connectivity index (χ0v) is 18.7. The molecule has 0 amide bonds. The van der Waals surface area contributed by atoms with Crippen molar-refractivity contribution in [3.63, 3.8) is 0 Å². The van der Waals surface area contributed by atoms with Crippen LogP contribution in [0, 0.1) is 11.9 Å². The molecule has 0 saturated heterocycles. The molecule has 33 heavy (non-hydrogen) atoms. The second-order valence-corrected chi connectivity index (χ2v) is 8.77. The van der Waals surface area contributed by atoms with Gasteiger partial charge in [0.1, 0.15) is 11.3 Å². The lowest BCUT2D eigenvalue weighted by atomic mass is 10.1. The molecule has 4 rings (SSSR count). The summed E-state index contributed by atoms with van der Waals surface area (Å²) >= 11 is 0. The van der Waals surface area contributed by atoms with Crippen molar-refractivity contribution in [2.24, 2.45) is 0 Å². The maximum absolute atomic E-state index is 14.6. The van der Waals surface area contributed by atoms with Crippen molar-refractivity contribution in [2.75, 3.05) is 10.6 Å². The lowest BCUT2D eigenvalue weighted by Crippen LogP contribution is -2.26. The number of benzene rings is 1. The molecule has 2 N–H and O–H groups in total. The zero-order valence-electron chi connectivity index (χ0n) is 18.7. The monoisotopic (exact) mass is 453 g/mol. The van der Waals surface area contributed by atoms with E-state index in [1.54, 1.807) is 6.20 Å². The van der Waals surface area contributed by atoms with Crippen LogP contribution >= 0.6 is 0 Å². The summed E-state index contributed by atoms with van der Waals surface area (Å²) in [6.45, 7) is 8.13. The van der Waals surface area contributed by atoms with Gasteiger partial charge in [-0.2, -0.15) is 0 Å². The van der Waals surface area contributed by atoms with Crippen LogP contribution in [0.15, 0.2) is 48.9 Å². The number of aromatic nitrogens is 4. The predicted octanol–water partition coefficient (Wildman–Crippen LogP) is 6.05. The summed E-state index contributed by atoms with van der Waals surface area (Å²) in [6, 6.07) is 11.5. The first-order valence-electron chi connectivity index (χ1n) is 10.5. The highest BCUT2D eigenvalue weighted by Gasteiger charge is 2.19. The van der Waals surface area contributed by atoms with E-state index in [1.165, 1.54) is 22.7 Å². The molecule has 4 aromatic rings. The molecule has 0 aliphatic carbocycles. The second kappa shape index (κ2) is 8.73. The molecular formula is C24H24F3N6. The number of imidazole rings is 1. The summed E-state index contributed by atoms with van der Waals surface area (Å²) in [5.41, 5.74) is 1.76. The largest absolute Gasteiger partial charge is 0.380 e. The Hall–Kier alpha value is -3.62. The number of hydrogen-bond acceptors (Lipinski definition) is 5. The SMILES string of the molecule is C[C@H](Nc1ncc(F)c(-c2cnc3c(C(F)F)cccn23)n1)c1cc[c]c(NC(C)(C)C)c1. The molecule has 6 nitrogen and oxygen atoms in total. The molecule has 0 bridgehead atoms. The van der Waals surface area contributed by atoms with Crippen LogP contribution in [-0.4, -0.2) is 24.9 Å². The number of halogens is 3. The zero-order chi connectivity index (χ0) is 23.8. The predicted molar refractivity (Wildman–Crippen MR) is 122 cm³/mol. The van der Waals surface area contributed by atoms with E-state index in [1.807, 2.05) is 25.1 Å². The van der Waals surface area contributed by atoms with Crippen molar-refractivity contribution in [2.45, 2.75) is 45.7 Å². The lowest BCUT2D eigenvalue weighted by molar-refractivity contribution is 0.152. The molecule has 1 radical (unpaired) electrons. The van der Waals surface area contributed by atoms with Crippen molar-refractivity contribution >= 4 is 17.3 Å². The van der Waals surface area contributed by atoms with Gasteiger partial charge in [-0.1, -0.05) is 12.1 Å². The van der Waals surface area contributed by atoms with E-state index in [0.29, 0.717) is 0 Å². The van der Waals surface area contributed by atoms with Gasteiger partial charge in [0.15, 0.2) is 5.82 Å². The minimum Gasteiger partial charge on any atom is -0.380 e. The number of anilines is 2. The van der Waals surface area contributed by atoms with Gasteiger partial charge in [0, 0.05) is 23.5 Å². The van der Waals surface area contributed by atoms with Gasteiger partial charge >= 0.3 is 0 Å². The number of alkyl halides is 2. The summed E-state index contributed by atoms with van der Waals surface area (Å²) in [5, 5.41) is 6.55. The van der Waals surface area contributed by atoms with Crippen LogP contribution in [0.5, 0.6) is 0 Å². The maximum Gasteiger partial charge on any atom is 0.267 e. The van der Waals surface area contributed by atoms with Crippen LogP contribution in [0.1, 0.15) is 51.3 Å². The van der Waals surface area contributed by atoms with Crippen molar-refractivity contribution in [1.29, 1.82) is 0 Å². The van der Waals surface area contributed by atoms with E-state index in [9.17, 15) is 13.2 Å². The minimum atomic E-state index is -2.70. The van der Waals surface area contributed by atoms with Gasteiger partial charge in [-0.05, 0) is 51.5 Å². The molecule has 3 aromatic heterocycles. The molecule has 0 unspecified atom stereocenters. The Bertz CT molecular complexity index is 1280. The van der Waals surface area contributed by atoms with E-state index in [0.717, 1.165) is 17.4 Å². The molecule has 0 saturated carbocycles. The molecule has 0 aliphatic rings. The summed E-state index contributed by atoms with van der Waals surface area (Å²) in [4.78, 5) is 12.4. The molecule has 9 heteroatoms. The third-order valence-electron chi connectivity index (χ3n) is 4.97. The fraction of sp³-hybridized carbons (Fsp3) is 0.292. The number of nitrogens with one attached hydrogen (secondary N) is 2. The van der Waals surface area contributed by atoms with Crippen LogP contribution in [0.25, 0.3) is 17.0 Å². The Morgan fingerprint density at radius 1 is 1.12 bits per heavy atom. The van der Waals surface area contributed by atoms with Crippen LogP contribution in [0.4, 0.5) is 24.8 Å². The Kier molecular flexibility index (Phi) is 5.97. The quantitative estimate of drug-likeness (QED) is 0.372. The van der Waals surface area contributed by atoms with Crippen LogP contribution in [0.3, 0.4) is 0 Å². The summed E-state index contributed by atoms with van der Waals surface area (Å²) in [5.74, 6) is -0.472. The van der Waals surface area contributed by atoms with Gasteiger partial charge in [0.05, 0.1) is 29.7 Å². The van der Waals surface area contributed by atoms with Crippen LogP contribution in [-0.2, 0) is 0 Å². The van der Waals surface area contributed by atoms with Gasteiger partial charge in [-0.15, -0.1) is 0 Å². The van der Waals surface area contributed by atoms with Crippen LogP contribution < -0.4 is 10.6 Å². The van der Waals surface area contributed by atoms with E-state index in [4.69, 9.17) is 0 Å². The first-order chi connectivity index (χ1) is 15.6. The third kappa shape index (κ3) is 4.92. The summed E-state index contributed by atoms with van der Waals surface area (Å²) in [7, 11) is 0. The average molecular weight is 453 g/mol. The smallest absolute Gasteiger partial charge is 0.267 e. The maximum atomic E-state index is 14.6. The first kappa shape index (κ1) is 22.6. The lowest BCUT2D eigenvalue weighted by Gasteiger charge is -2.23. The highest BCUT2D eigenvalue weighted by atomic mass is 19.3. The van der Waals surface area contributed by atoms with Crippen molar-refractivity contribution < 1.29 is 13.2 Å². The van der Waals surface area contributed by atoms with E-state index in [-0.39, 0.29) is 40.1 Å². The van der Waals surface area contributed by atoms with Gasteiger partial charge < -0.3 is 10.6 Å². The topological polar surface area (TPSA) is 67.1 Å². The highest BCUT2D eigenvalue weighted by molar-refractivity contribution is 5.64. The van der Waals surface area contributed by atoms with Crippen molar-refractivity contribution in [3.05, 3.63) is 71.9 Å². The Balaban J connectivity index is 1.63. The first-order valence-corrected chi connectivity index (χ1v) is 10.5. The Morgan fingerprint density at radius 2 is 1.91 bits per heavy atom. The van der Waals surface area contributed by atoms with E-state index in [2.05, 4.69) is 52.4 Å². The number of fused-ring (bicyclic) bond motifs is 1. The number of rotatable bonds is 6. The average Bonchev–Trinajstić information content (AvgIpc) is 3.18. The Labute approximate surface area is 189 Å². The van der Waals surface area contributed by atoms with Gasteiger partial charge in [-0.25, -0.2) is 28.1 Å². The van der Waals surface area contributed by atoms with Crippen molar-refractivity contribution in [1.82, 2.24) is 19.4 Å². The Morgan fingerprint density at radius 3 is 2.64 bits per heavy atom. The van der Waals surface area contributed by atoms with Crippen molar-refractivity contribution in [3.8, 4) is 11.4 Å². The molecule has 0 spiro atoms. The van der Waals surface area contributed by atoms with E-state index < -0.39 is 12.2 Å². The fourth-order valence-corrected chi connectivity index (χ4v) is 3.50. The van der Waals surface area contributed by atoms with Gasteiger partial charge in [0.2, 0.25) is 5.95 Å².